The summed E-state index contributed by atoms with van der Waals surface area (Å²) in [6.07, 6.45) is 1.20. The van der Waals surface area contributed by atoms with E-state index >= 15 is 0 Å². The third-order valence-electron chi connectivity index (χ3n) is 1.73. The van der Waals surface area contributed by atoms with Gasteiger partial charge in [0.15, 0.2) is 0 Å². The third kappa shape index (κ3) is 3.66. The summed E-state index contributed by atoms with van der Waals surface area (Å²) >= 11 is 0. The topological polar surface area (TPSA) is 72.8 Å². The molecule has 90 valence electrons. The molecule has 0 radical (unpaired) electrons. The van der Waals surface area contributed by atoms with Crippen LogP contribution in [-0.4, -0.2) is 26.0 Å². The second-order valence-electron chi connectivity index (χ2n) is 2.96. The molecule has 0 amide bonds. The van der Waals surface area contributed by atoms with Gasteiger partial charge in [0.1, 0.15) is 5.75 Å². The normalized spacial score (nSPS) is 15.2. The van der Waals surface area contributed by atoms with Gasteiger partial charge in [0, 0.05) is 21.8 Å². The van der Waals surface area contributed by atoms with Gasteiger partial charge in [-0.3, -0.25) is 0 Å². The monoisotopic (exact) mass is 283 g/mol. The minimum Gasteiger partial charge on any atom is -0.497 e. The van der Waals surface area contributed by atoms with Crippen LogP contribution in [0.3, 0.4) is 0 Å². The predicted molar refractivity (Wildman–Crippen MR) is 62.5 cm³/mol. The van der Waals surface area contributed by atoms with Gasteiger partial charge in [-0.25, -0.2) is 4.21 Å². The first kappa shape index (κ1) is 13.3. The molecular formula is C8H10ClNO4S2. The number of rotatable bonds is 3. The molecule has 0 aliphatic heterocycles. The van der Waals surface area contributed by atoms with Crippen molar-refractivity contribution in [3.05, 3.63) is 24.3 Å². The Hall–Kier alpha value is -0.790. The van der Waals surface area contributed by atoms with Crippen molar-refractivity contribution < 1.29 is 17.4 Å². The molecule has 0 saturated carbocycles. The summed E-state index contributed by atoms with van der Waals surface area (Å²) in [6, 6.07) is 6.09. The van der Waals surface area contributed by atoms with Crippen molar-refractivity contribution in [1.82, 2.24) is 0 Å². The minimum absolute atomic E-state index is 0.275. The molecule has 0 heterocycles. The highest BCUT2D eigenvalue weighted by atomic mass is 35.7. The molecule has 8 heteroatoms. The summed E-state index contributed by atoms with van der Waals surface area (Å²) < 4.78 is 41.4. The highest BCUT2D eigenvalue weighted by Gasteiger charge is 2.11. The van der Waals surface area contributed by atoms with Gasteiger partial charge in [-0.1, -0.05) is 3.77 Å². The lowest BCUT2D eigenvalue weighted by molar-refractivity contribution is 0.414. The fraction of sp³-hybridized carbons (Fsp3) is 0.250. The Bertz CT molecular complexity index is 585. The van der Waals surface area contributed by atoms with E-state index in [0.29, 0.717) is 5.75 Å². The van der Waals surface area contributed by atoms with Crippen LogP contribution in [0.25, 0.3) is 0 Å². The van der Waals surface area contributed by atoms with Crippen molar-refractivity contribution in [2.75, 3.05) is 13.4 Å². The van der Waals surface area contributed by atoms with E-state index in [1.165, 1.54) is 25.5 Å². The second kappa shape index (κ2) is 4.60. The van der Waals surface area contributed by atoms with Crippen molar-refractivity contribution in [1.29, 1.82) is 0 Å². The summed E-state index contributed by atoms with van der Waals surface area (Å²) in [5, 5.41) is 0. The molecule has 0 spiro atoms. The Morgan fingerprint density at radius 2 is 1.69 bits per heavy atom. The van der Waals surface area contributed by atoms with Crippen molar-refractivity contribution in [2.24, 2.45) is 3.77 Å². The Morgan fingerprint density at radius 3 is 2.06 bits per heavy atom. The van der Waals surface area contributed by atoms with Gasteiger partial charge in [-0.05, 0) is 24.3 Å². The molecular weight excluding hydrogens is 274 g/mol. The Kier molecular flexibility index (Phi) is 3.82. The fourth-order valence-electron chi connectivity index (χ4n) is 1.04. The average Bonchev–Trinajstić information content (AvgIpc) is 2.14. The maximum absolute atomic E-state index is 11.9. The number of nitrogens with zero attached hydrogens (tertiary/aromatic N) is 1. The lowest BCUT2D eigenvalue weighted by atomic mass is 10.3. The molecule has 0 bridgehead atoms. The van der Waals surface area contributed by atoms with E-state index in [9.17, 15) is 12.6 Å². The quantitative estimate of drug-likeness (QED) is 0.791. The van der Waals surface area contributed by atoms with Gasteiger partial charge < -0.3 is 4.74 Å². The zero-order valence-electron chi connectivity index (χ0n) is 8.58. The van der Waals surface area contributed by atoms with Gasteiger partial charge in [-0.15, -0.1) is 0 Å². The highest BCUT2D eigenvalue weighted by molar-refractivity contribution is 8.17. The molecule has 0 N–H and O–H groups in total. The summed E-state index contributed by atoms with van der Waals surface area (Å²) in [4.78, 5) is 0.275. The van der Waals surface area contributed by atoms with Crippen LogP contribution >= 0.6 is 10.7 Å². The molecule has 0 unspecified atom stereocenters. The molecule has 0 fully saturated rings. The summed E-state index contributed by atoms with van der Waals surface area (Å²) in [5.74, 6) is 0.577. The van der Waals surface area contributed by atoms with Crippen LogP contribution in [0, 0.1) is 0 Å². The average molecular weight is 284 g/mol. The molecule has 1 rings (SSSR count). The predicted octanol–water partition coefficient (Wildman–Crippen LogP) is 1.64. The van der Waals surface area contributed by atoms with Crippen molar-refractivity contribution in [2.45, 2.75) is 4.90 Å². The number of benzene rings is 1. The van der Waals surface area contributed by atoms with Crippen LogP contribution in [0.1, 0.15) is 0 Å². The molecule has 1 aromatic carbocycles. The van der Waals surface area contributed by atoms with E-state index in [-0.39, 0.29) is 4.90 Å². The van der Waals surface area contributed by atoms with Crippen molar-refractivity contribution in [3.8, 4) is 5.75 Å². The van der Waals surface area contributed by atoms with Crippen LogP contribution in [0.4, 0.5) is 0 Å². The standard InChI is InChI=1S/C8H10ClNO4S2/c1-14-7-3-5-8(6-4-7)15(2,11)10-16(9,12)13/h3-6H,1-2H3/t15-/m0/s1. The van der Waals surface area contributed by atoms with Gasteiger partial charge in [0.2, 0.25) is 0 Å². The van der Waals surface area contributed by atoms with Crippen LogP contribution in [0.2, 0.25) is 0 Å². The molecule has 0 aromatic heterocycles. The third-order valence-corrected chi connectivity index (χ3v) is 5.23. The summed E-state index contributed by atoms with van der Waals surface area (Å²) in [7, 11) is -0.779. The number of halogens is 1. The Labute approximate surface area is 99.1 Å². The van der Waals surface area contributed by atoms with Crippen LogP contribution in [0.15, 0.2) is 32.9 Å². The molecule has 16 heavy (non-hydrogen) atoms. The lowest BCUT2D eigenvalue weighted by Crippen LogP contribution is -2.00. The van der Waals surface area contributed by atoms with Crippen molar-refractivity contribution in [3.63, 3.8) is 0 Å². The second-order valence-corrected chi connectivity index (χ2v) is 7.63. The first-order valence-electron chi connectivity index (χ1n) is 4.07. The number of methoxy groups -OCH3 is 1. The Balaban J connectivity index is 3.28. The van der Waals surface area contributed by atoms with Crippen LogP contribution < -0.4 is 4.74 Å². The summed E-state index contributed by atoms with van der Waals surface area (Å²) in [6.45, 7) is 0. The van der Waals surface area contributed by atoms with E-state index in [0.717, 1.165) is 0 Å². The van der Waals surface area contributed by atoms with E-state index in [1.54, 1.807) is 12.1 Å². The number of hydrogen-bond acceptors (Lipinski definition) is 4. The molecule has 5 nitrogen and oxygen atoms in total. The summed E-state index contributed by atoms with van der Waals surface area (Å²) in [5.41, 5.74) is 0. The molecule has 0 aliphatic carbocycles. The number of hydrogen-bond donors (Lipinski definition) is 0. The maximum Gasteiger partial charge on any atom is 0.347 e. The molecule has 0 saturated heterocycles. The van der Waals surface area contributed by atoms with Gasteiger partial charge in [0.25, 0.3) is 0 Å². The first-order valence-corrected chi connectivity index (χ1v) is 8.26. The van der Waals surface area contributed by atoms with Crippen LogP contribution in [-0.2, 0) is 19.0 Å². The molecule has 0 aliphatic rings. The van der Waals surface area contributed by atoms with Gasteiger partial charge >= 0.3 is 9.24 Å². The van der Waals surface area contributed by atoms with Crippen molar-refractivity contribution >= 4 is 29.6 Å². The maximum atomic E-state index is 11.9. The largest absolute Gasteiger partial charge is 0.497 e. The van der Waals surface area contributed by atoms with E-state index < -0.39 is 19.0 Å². The van der Waals surface area contributed by atoms with Gasteiger partial charge in [-0.2, -0.15) is 8.42 Å². The fourth-order valence-corrected chi connectivity index (χ4v) is 4.35. The highest BCUT2D eigenvalue weighted by Crippen LogP contribution is 2.18. The molecule has 1 atom stereocenters. The van der Waals surface area contributed by atoms with Gasteiger partial charge in [0.05, 0.1) is 16.8 Å². The SMILES string of the molecule is COc1ccc([S@](C)(=O)=NS(=O)(=O)Cl)cc1. The first-order chi connectivity index (χ1) is 7.24. The van der Waals surface area contributed by atoms with E-state index in [1.807, 2.05) is 0 Å². The van der Waals surface area contributed by atoms with Crippen LogP contribution in [0.5, 0.6) is 5.75 Å². The van der Waals surface area contributed by atoms with E-state index in [2.05, 4.69) is 3.77 Å². The minimum atomic E-state index is -4.16. The van der Waals surface area contributed by atoms with E-state index in [4.69, 9.17) is 15.4 Å². The number of ether oxygens (including phenoxy) is 1. The smallest absolute Gasteiger partial charge is 0.347 e. The Morgan fingerprint density at radius 1 is 1.19 bits per heavy atom. The molecule has 1 aromatic rings. The lowest BCUT2D eigenvalue weighted by Gasteiger charge is -2.04. The zero-order chi connectivity index (χ0) is 12.4. The zero-order valence-corrected chi connectivity index (χ0v) is 11.0.